The number of rotatable bonds is 3. The van der Waals surface area contributed by atoms with Crippen molar-refractivity contribution >= 4 is 23.4 Å². The molecule has 0 saturated heterocycles. The smallest absolute Gasteiger partial charge is 0.325 e. The van der Waals surface area contributed by atoms with Gasteiger partial charge >= 0.3 is 5.69 Å². The molecule has 0 fully saturated rings. The minimum Gasteiger partial charge on any atom is -0.325 e. The molecule has 1 amide bonds. The predicted molar refractivity (Wildman–Crippen MR) is 81.8 cm³/mol. The summed E-state index contributed by atoms with van der Waals surface area (Å²) in [4.78, 5) is 35.6. The maximum Gasteiger partial charge on any atom is 0.331 e. The Morgan fingerprint density at radius 1 is 1.14 bits per heavy atom. The lowest BCUT2D eigenvalue weighted by atomic mass is 10.3. The molecule has 1 aromatic heterocycles. The highest BCUT2D eigenvalue weighted by molar-refractivity contribution is 7.99. The Bertz CT molecular complexity index is 808. The fraction of sp³-hybridized carbons (Fsp3) is 0.214. The van der Waals surface area contributed by atoms with Gasteiger partial charge in [0.2, 0.25) is 5.91 Å². The van der Waals surface area contributed by atoms with E-state index in [2.05, 4.69) is 5.32 Å². The molecule has 1 heterocycles. The number of hydrogen-bond acceptors (Lipinski definition) is 4. The normalized spacial score (nSPS) is 10.4. The van der Waals surface area contributed by atoms with Gasteiger partial charge < -0.3 is 5.32 Å². The molecule has 0 radical (unpaired) electrons. The molecule has 0 aliphatic rings. The van der Waals surface area contributed by atoms with E-state index in [1.165, 1.54) is 36.4 Å². The van der Waals surface area contributed by atoms with Crippen LogP contribution in [0, 0.1) is 0 Å². The van der Waals surface area contributed by atoms with Crippen LogP contribution in [0.4, 0.5) is 5.69 Å². The summed E-state index contributed by atoms with van der Waals surface area (Å²) in [6.45, 7) is 1.43. The second-order valence-electron chi connectivity index (χ2n) is 4.50. The van der Waals surface area contributed by atoms with E-state index in [9.17, 15) is 14.4 Å². The second kappa shape index (κ2) is 6.01. The first-order valence-electron chi connectivity index (χ1n) is 6.21. The molecule has 21 heavy (non-hydrogen) atoms. The minimum absolute atomic E-state index is 0.180. The third kappa shape index (κ3) is 3.25. The molecule has 0 unspecified atom stereocenters. The zero-order valence-corrected chi connectivity index (χ0v) is 12.7. The van der Waals surface area contributed by atoms with Crippen molar-refractivity contribution in [3.8, 4) is 0 Å². The Hall–Kier alpha value is -2.28. The van der Waals surface area contributed by atoms with E-state index in [-0.39, 0.29) is 17.2 Å². The fourth-order valence-electron chi connectivity index (χ4n) is 1.77. The van der Waals surface area contributed by atoms with Crippen molar-refractivity contribution in [3.63, 3.8) is 0 Å². The molecular weight excluding hydrogens is 290 g/mol. The van der Waals surface area contributed by atoms with Gasteiger partial charge in [-0.25, -0.2) is 4.79 Å². The van der Waals surface area contributed by atoms with Gasteiger partial charge in [-0.3, -0.25) is 18.7 Å². The van der Waals surface area contributed by atoms with Crippen LogP contribution in [-0.4, -0.2) is 15.0 Å². The maximum atomic E-state index is 11.9. The van der Waals surface area contributed by atoms with Crippen molar-refractivity contribution < 1.29 is 4.79 Å². The molecule has 0 aliphatic carbocycles. The summed E-state index contributed by atoms with van der Waals surface area (Å²) >= 11 is 1.25. The van der Waals surface area contributed by atoms with Crippen molar-refractivity contribution in [1.82, 2.24) is 9.13 Å². The van der Waals surface area contributed by atoms with Gasteiger partial charge in [-0.15, -0.1) is 0 Å². The Balaban J connectivity index is 2.47. The van der Waals surface area contributed by atoms with Gasteiger partial charge in [0.25, 0.3) is 5.56 Å². The zero-order valence-electron chi connectivity index (χ0n) is 11.9. The summed E-state index contributed by atoms with van der Waals surface area (Å²) in [7, 11) is 3.04. The van der Waals surface area contributed by atoms with E-state index < -0.39 is 0 Å². The van der Waals surface area contributed by atoms with Crippen molar-refractivity contribution in [2.75, 3.05) is 5.32 Å². The molecule has 110 valence electrons. The second-order valence-corrected chi connectivity index (χ2v) is 5.56. The molecule has 0 spiro atoms. The number of aromatic nitrogens is 2. The lowest BCUT2D eigenvalue weighted by Gasteiger charge is -2.12. The SMILES string of the molecule is CC(=O)Nc1ccccc1Sc1cc(=O)n(C)c(=O)n1C. The van der Waals surface area contributed by atoms with Crippen molar-refractivity contribution in [1.29, 1.82) is 0 Å². The van der Waals surface area contributed by atoms with Crippen LogP contribution < -0.4 is 16.6 Å². The number of amides is 1. The van der Waals surface area contributed by atoms with E-state index in [0.29, 0.717) is 10.7 Å². The monoisotopic (exact) mass is 305 g/mol. The molecule has 7 heteroatoms. The number of anilines is 1. The molecule has 0 bridgehead atoms. The number of benzene rings is 1. The highest BCUT2D eigenvalue weighted by Gasteiger charge is 2.10. The Labute approximate surface area is 125 Å². The quantitative estimate of drug-likeness (QED) is 0.865. The summed E-state index contributed by atoms with van der Waals surface area (Å²) in [6.07, 6.45) is 0. The Morgan fingerprint density at radius 2 is 1.81 bits per heavy atom. The van der Waals surface area contributed by atoms with Gasteiger partial charge in [-0.2, -0.15) is 0 Å². The average molecular weight is 305 g/mol. The number of nitrogens with zero attached hydrogens (tertiary/aromatic N) is 2. The molecule has 0 saturated carbocycles. The van der Waals surface area contributed by atoms with E-state index in [1.54, 1.807) is 19.2 Å². The standard InChI is InChI=1S/C14H15N3O3S/c1-9(18)15-10-6-4-5-7-11(10)21-13-8-12(19)16(2)14(20)17(13)3/h4-8H,1-3H3,(H,15,18). The molecule has 1 N–H and O–H groups in total. The minimum atomic E-state index is -0.387. The molecule has 2 aromatic rings. The van der Waals surface area contributed by atoms with Gasteiger partial charge in [-0.1, -0.05) is 23.9 Å². The van der Waals surface area contributed by atoms with Gasteiger partial charge in [0.1, 0.15) is 0 Å². The first-order valence-corrected chi connectivity index (χ1v) is 7.03. The molecule has 2 rings (SSSR count). The predicted octanol–water partition coefficient (Wildman–Crippen LogP) is 1.19. The number of para-hydroxylation sites is 1. The van der Waals surface area contributed by atoms with Crippen LogP contribution in [0.25, 0.3) is 0 Å². The first-order chi connectivity index (χ1) is 9.90. The van der Waals surface area contributed by atoms with Crippen LogP contribution in [0.5, 0.6) is 0 Å². The van der Waals surface area contributed by atoms with E-state index in [4.69, 9.17) is 0 Å². The van der Waals surface area contributed by atoms with Crippen molar-refractivity contribution in [2.24, 2.45) is 14.1 Å². The number of hydrogen-bond donors (Lipinski definition) is 1. The first kappa shape index (κ1) is 15.1. The lowest BCUT2D eigenvalue weighted by molar-refractivity contribution is -0.114. The van der Waals surface area contributed by atoms with Crippen LogP contribution >= 0.6 is 11.8 Å². The number of nitrogens with one attached hydrogen (secondary N) is 1. The summed E-state index contributed by atoms with van der Waals surface area (Å²) in [5, 5.41) is 3.24. The van der Waals surface area contributed by atoms with Gasteiger partial charge in [0.05, 0.1) is 10.7 Å². The largest absolute Gasteiger partial charge is 0.331 e. The van der Waals surface area contributed by atoms with Crippen LogP contribution in [0.1, 0.15) is 6.92 Å². The number of carbonyl (C=O) groups is 1. The summed E-state index contributed by atoms with van der Waals surface area (Å²) in [6, 6.07) is 8.61. The van der Waals surface area contributed by atoms with Crippen molar-refractivity contribution in [2.45, 2.75) is 16.8 Å². The van der Waals surface area contributed by atoms with E-state index >= 15 is 0 Å². The Kier molecular flexibility index (Phi) is 4.32. The van der Waals surface area contributed by atoms with Gasteiger partial charge in [0.15, 0.2) is 0 Å². The number of carbonyl (C=O) groups excluding carboxylic acids is 1. The van der Waals surface area contributed by atoms with Gasteiger partial charge in [0, 0.05) is 32.0 Å². The summed E-state index contributed by atoms with van der Waals surface area (Å²) in [5.74, 6) is -0.180. The summed E-state index contributed by atoms with van der Waals surface area (Å²) in [5.41, 5.74) is -0.109. The molecular formula is C14H15N3O3S. The lowest BCUT2D eigenvalue weighted by Crippen LogP contribution is -2.36. The highest BCUT2D eigenvalue weighted by atomic mass is 32.2. The molecule has 6 nitrogen and oxygen atoms in total. The van der Waals surface area contributed by atoms with E-state index in [1.807, 2.05) is 12.1 Å². The van der Waals surface area contributed by atoms with Gasteiger partial charge in [-0.05, 0) is 12.1 Å². The van der Waals surface area contributed by atoms with Crippen molar-refractivity contribution in [3.05, 3.63) is 51.2 Å². The zero-order chi connectivity index (χ0) is 15.6. The maximum absolute atomic E-state index is 11.9. The van der Waals surface area contributed by atoms with Crippen LogP contribution in [0.3, 0.4) is 0 Å². The third-order valence-corrected chi connectivity index (χ3v) is 4.07. The topological polar surface area (TPSA) is 73.1 Å². The third-order valence-electron chi connectivity index (χ3n) is 2.89. The highest BCUT2D eigenvalue weighted by Crippen LogP contribution is 2.31. The average Bonchev–Trinajstić information content (AvgIpc) is 2.44. The summed E-state index contributed by atoms with van der Waals surface area (Å²) < 4.78 is 2.44. The Morgan fingerprint density at radius 3 is 2.48 bits per heavy atom. The van der Waals surface area contributed by atoms with Crippen LogP contribution in [0.2, 0.25) is 0 Å². The van der Waals surface area contributed by atoms with Crippen LogP contribution in [0.15, 0.2) is 49.8 Å². The van der Waals surface area contributed by atoms with Crippen LogP contribution in [-0.2, 0) is 18.9 Å². The molecule has 1 aromatic carbocycles. The molecule has 0 atom stereocenters. The fourth-order valence-corrected chi connectivity index (χ4v) is 2.75. The van der Waals surface area contributed by atoms with E-state index in [0.717, 1.165) is 9.46 Å². The molecule has 0 aliphatic heterocycles.